The third-order valence-electron chi connectivity index (χ3n) is 5.09. The molecule has 2 unspecified atom stereocenters. The van der Waals surface area contributed by atoms with E-state index in [9.17, 15) is 18.0 Å². The Labute approximate surface area is 205 Å². The highest BCUT2D eigenvalue weighted by atomic mass is 32.2. The zero-order valence-corrected chi connectivity index (χ0v) is 21.5. The number of hydrogen-bond donors (Lipinski definition) is 3. The van der Waals surface area contributed by atoms with E-state index in [1.54, 1.807) is 36.6 Å². The third-order valence-corrected chi connectivity index (χ3v) is 7.54. The Kier molecular flexibility index (Phi) is 11.1. The fourth-order valence-electron chi connectivity index (χ4n) is 3.20. The van der Waals surface area contributed by atoms with Crippen molar-refractivity contribution < 1.29 is 22.7 Å². The van der Waals surface area contributed by atoms with Crippen LogP contribution >= 0.6 is 11.3 Å². The molecule has 0 aliphatic rings. The summed E-state index contributed by atoms with van der Waals surface area (Å²) in [5, 5.41) is 5.00. The minimum absolute atomic E-state index is 0.189. The van der Waals surface area contributed by atoms with Crippen LogP contribution in [0.25, 0.3) is 0 Å². The molecule has 1 aromatic heterocycles. The number of nitrogens with one attached hydrogen (secondary N) is 2. The second kappa shape index (κ2) is 13.5. The van der Waals surface area contributed by atoms with Crippen LogP contribution in [0.5, 0.6) is 0 Å². The predicted molar refractivity (Wildman–Crippen MR) is 132 cm³/mol. The Hall–Kier alpha value is -2.34. The lowest BCUT2D eigenvalue weighted by molar-refractivity contribution is -0.145. The van der Waals surface area contributed by atoms with E-state index in [4.69, 9.17) is 10.5 Å². The van der Waals surface area contributed by atoms with Crippen molar-refractivity contribution in [2.75, 3.05) is 13.2 Å². The quantitative estimate of drug-likeness (QED) is 0.262. The van der Waals surface area contributed by atoms with Gasteiger partial charge >= 0.3 is 5.97 Å². The molecule has 34 heavy (non-hydrogen) atoms. The standard InChI is InChI=1S/C23H34N4O5S2/c1-4-8-18(24)22-27-20(15-33-22)21(28)26-19(23(29)32-5-2)9-6-7-14-25-34(30,31)17-12-10-16(3)11-13-17/h10-13,15,18-19,25H,4-9,14,24H2,1-3H3,(H,26,28). The summed E-state index contributed by atoms with van der Waals surface area (Å²) in [4.78, 5) is 29.5. The summed E-state index contributed by atoms with van der Waals surface area (Å²) in [7, 11) is -3.60. The van der Waals surface area contributed by atoms with Gasteiger partial charge in [-0.05, 0) is 51.7 Å². The predicted octanol–water partition coefficient (Wildman–Crippen LogP) is 3.06. The number of rotatable bonds is 14. The number of nitrogens with two attached hydrogens (primary N) is 1. The molecule has 0 aliphatic heterocycles. The van der Waals surface area contributed by atoms with E-state index in [0.29, 0.717) is 24.3 Å². The van der Waals surface area contributed by atoms with Gasteiger partial charge in [-0.3, -0.25) is 4.79 Å². The summed E-state index contributed by atoms with van der Waals surface area (Å²) >= 11 is 1.32. The number of esters is 1. The minimum Gasteiger partial charge on any atom is -0.464 e. The molecule has 1 amide bonds. The Morgan fingerprint density at radius 1 is 1.15 bits per heavy atom. The minimum atomic E-state index is -3.60. The van der Waals surface area contributed by atoms with Crippen molar-refractivity contribution in [2.24, 2.45) is 5.73 Å². The van der Waals surface area contributed by atoms with Crippen molar-refractivity contribution in [3.8, 4) is 0 Å². The van der Waals surface area contributed by atoms with Crippen molar-refractivity contribution in [2.45, 2.75) is 69.9 Å². The van der Waals surface area contributed by atoms with E-state index < -0.39 is 27.9 Å². The molecular formula is C23H34N4O5S2. The maximum absolute atomic E-state index is 12.7. The number of carbonyl (C=O) groups excluding carboxylic acids is 2. The summed E-state index contributed by atoms with van der Waals surface area (Å²) in [6.45, 7) is 6.01. The van der Waals surface area contributed by atoms with Gasteiger partial charge in [-0.25, -0.2) is 22.9 Å². The molecule has 11 heteroatoms. The van der Waals surface area contributed by atoms with Gasteiger partial charge in [0.15, 0.2) is 0 Å². The van der Waals surface area contributed by atoms with Gasteiger partial charge in [-0.1, -0.05) is 31.0 Å². The first-order valence-corrected chi connectivity index (χ1v) is 13.8. The highest BCUT2D eigenvalue weighted by Crippen LogP contribution is 2.20. The molecule has 4 N–H and O–H groups in total. The molecule has 2 rings (SSSR count). The SMILES string of the molecule is CCCC(N)c1nc(C(=O)NC(CCCCNS(=O)(=O)c2ccc(C)cc2)C(=O)OCC)cs1. The Morgan fingerprint density at radius 2 is 1.85 bits per heavy atom. The molecule has 2 atom stereocenters. The summed E-state index contributed by atoms with van der Waals surface area (Å²) in [5.41, 5.74) is 7.26. The Bertz CT molecular complexity index is 1040. The summed E-state index contributed by atoms with van der Waals surface area (Å²) < 4.78 is 32.4. The molecule has 1 heterocycles. The number of sulfonamides is 1. The normalized spacial score (nSPS) is 13.3. The van der Waals surface area contributed by atoms with Gasteiger partial charge in [0.25, 0.3) is 5.91 Å². The average molecular weight is 511 g/mol. The second-order valence-corrected chi connectivity index (χ2v) is 10.6. The maximum Gasteiger partial charge on any atom is 0.328 e. The lowest BCUT2D eigenvalue weighted by Gasteiger charge is -2.17. The summed E-state index contributed by atoms with van der Waals surface area (Å²) in [5.74, 6) is -1.00. The average Bonchev–Trinajstić information content (AvgIpc) is 3.29. The second-order valence-electron chi connectivity index (χ2n) is 7.95. The molecule has 9 nitrogen and oxygen atoms in total. The molecule has 0 bridgehead atoms. The number of aryl methyl sites for hydroxylation is 1. The van der Waals surface area contributed by atoms with Gasteiger partial charge in [-0.2, -0.15) is 0 Å². The third kappa shape index (κ3) is 8.46. The van der Waals surface area contributed by atoms with Gasteiger partial charge in [0, 0.05) is 11.9 Å². The lowest BCUT2D eigenvalue weighted by Crippen LogP contribution is -2.42. The van der Waals surface area contributed by atoms with E-state index in [1.807, 2.05) is 13.8 Å². The number of thiazole rings is 1. The van der Waals surface area contributed by atoms with Crippen molar-refractivity contribution in [3.63, 3.8) is 0 Å². The van der Waals surface area contributed by atoms with Gasteiger partial charge in [0.1, 0.15) is 16.7 Å². The number of benzene rings is 1. The van der Waals surface area contributed by atoms with Gasteiger partial charge in [0.05, 0.1) is 17.5 Å². The number of hydrogen-bond acceptors (Lipinski definition) is 8. The zero-order chi connectivity index (χ0) is 25.1. The number of unbranched alkanes of at least 4 members (excludes halogenated alkanes) is 1. The maximum atomic E-state index is 12.7. The van der Waals surface area contributed by atoms with Gasteiger partial charge < -0.3 is 15.8 Å². The fourth-order valence-corrected chi connectivity index (χ4v) is 5.11. The zero-order valence-electron chi connectivity index (χ0n) is 19.9. The molecule has 1 aromatic carbocycles. The van der Waals surface area contributed by atoms with E-state index in [1.165, 1.54) is 11.3 Å². The van der Waals surface area contributed by atoms with Crippen molar-refractivity contribution in [1.29, 1.82) is 0 Å². The topological polar surface area (TPSA) is 140 Å². The number of aromatic nitrogens is 1. The van der Waals surface area contributed by atoms with Gasteiger partial charge in [0.2, 0.25) is 10.0 Å². The summed E-state index contributed by atoms with van der Waals surface area (Å²) in [6, 6.07) is 5.52. The molecule has 0 saturated carbocycles. The van der Waals surface area contributed by atoms with Crippen molar-refractivity contribution in [3.05, 3.63) is 45.9 Å². The van der Waals surface area contributed by atoms with Crippen LogP contribution in [0.15, 0.2) is 34.5 Å². The van der Waals surface area contributed by atoms with E-state index in [0.717, 1.165) is 18.4 Å². The van der Waals surface area contributed by atoms with Crippen LogP contribution in [-0.4, -0.2) is 44.5 Å². The van der Waals surface area contributed by atoms with Crippen LogP contribution in [0.4, 0.5) is 0 Å². The molecule has 188 valence electrons. The van der Waals surface area contributed by atoms with Crippen LogP contribution in [0.2, 0.25) is 0 Å². The lowest BCUT2D eigenvalue weighted by atomic mass is 10.1. The molecular weight excluding hydrogens is 476 g/mol. The Morgan fingerprint density at radius 3 is 2.50 bits per heavy atom. The number of ether oxygens (including phenoxy) is 1. The largest absolute Gasteiger partial charge is 0.464 e. The van der Waals surface area contributed by atoms with Crippen LogP contribution in [0.3, 0.4) is 0 Å². The smallest absolute Gasteiger partial charge is 0.328 e. The van der Waals surface area contributed by atoms with E-state index >= 15 is 0 Å². The summed E-state index contributed by atoms with van der Waals surface area (Å²) in [6.07, 6.45) is 2.98. The van der Waals surface area contributed by atoms with E-state index in [2.05, 4.69) is 15.0 Å². The molecule has 0 fully saturated rings. The highest BCUT2D eigenvalue weighted by Gasteiger charge is 2.24. The Balaban J connectivity index is 1.89. The number of amides is 1. The van der Waals surface area contributed by atoms with Crippen molar-refractivity contribution >= 4 is 33.2 Å². The van der Waals surface area contributed by atoms with Crippen molar-refractivity contribution in [1.82, 2.24) is 15.0 Å². The van der Waals surface area contributed by atoms with Crippen LogP contribution in [-0.2, 0) is 19.6 Å². The molecule has 0 spiro atoms. The van der Waals surface area contributed by atoms with Crippen LogP contribution < -0.4 is 15.8 Å². The fraction of sp³-hybridized carbons (Fsp3) is 0.522. The first-order chi connectivity index (χ1) is 16.2. The molecule has 0 radical (unpaired) electrons. The number of carbonyl (C=O) groups is 2. The highest BCUT2D eigenvalue weighted by molar-refractivity contribution is 7.89. The monoisotopic (exact) mass is 510 g/mol. The van der Waals surface area contributed by atoms with Gasteiger partial charge in [-0.15, -0.1) is 11.3 Å². The van der Waals surface area contributed by atoms with Crippen LogP contribution in [0.1, 0.15) is 73.1 Å². The van der Waals surface area contributed by atoms with Crippen LogP contribution in [0, 0.1) is 6.92 Å². The molecule has 0 saturated heterocycles. The van der Waals surface area contributed by atoms with E-state index in [-0.39, 0.29) is 29.8 Å². The first-order valence-electron chi connectivity index (χ1n) is 11.4. The molecule has 2 aromatic rings. The first kappa shape index (κ1) is 27.9. The molecule has 0 aliphatic carbocycles. The number of nitrogens with zero attached hydrogens (tertiary/aromatic N) is 1.